The topological polar surface area (TPSA) is 65.1 Å². The zero-order valence-electron chi connectivity index (χ0n) is 13.2. The molecule has 1 aromatic rings. The van der Waals surface area contributed by atoms with Gasteiger partial charge in [-0.05, 0) is 30.2 Å². The molecular weight excluding hydrogens is 298 g/mol. The van der Waals surface area contributed by atoms with Crippen LogP contribution in [0.25, 0.3) is 5.70 Å². The molecule has 2 aliphatic rings. The Balaban J connectivity index is 2.09. The van der Waals surface area contributed by atoms with Gasteiger partial charge in [0.05, 0.1) is 27.0 Å². The normalized spacial score (nSPS) is 17.5. The number of carbonyl (C=O) groups excluding carboxylic acids is 2. The number of nitrogens with zero attached hydrogens (tertiary/aromatic N) is 1. The highest BCUT2D eigenvalue weighted by atomic mass is 16.5. The number of carbonyl (C=O) groups is 2. The van der Waals surface area contributed by atoms with Crippen molar-refractivity contribution in [3.05, 3.63) is 41.0 Å². The van der Waals surface area contributed by atoms with Gasteiger partial charge >= 0.3 is 5.97 Å². The summed E-state index contributed by atoms with van der Waals surface area (Å²) in [6.45, 7) is 0.561. The number of esters is 1. The largest absolute Gasteiger partial charge is 0.493 e. The standard InChI is InChI=1S/C17H17NO5/c1-21-14-7-10-4-5-18-13(12(10)9-15(14)22-2)6-11(17(18)20)8-16(19)23-3/h6-9H,4-5H2,1-3H3. The third-order valence-electron chi connectivity index (χ3n) is 4.04. The zero-order chi connectivity index (χ0) is 16.6. The minimum Gasteiger partial charge on any atom is -0.493 e. The molecule has 0 unspecified atom stereocenters. The number of fused-ring (bicyclic) bond motifs is 3. The zero-order valence-corrected chi connectivity index (χ0v) is 13.2. The summed E-state index contributed by atoms with van der Waals surface area (Å²) in [5.41, 5.74) is 3.09. The molecule has 23 heavy (non-hydrogen) atoms. The van der Waals surface area contributed by atoms with E-state index < -0.39 is 5.97 Å². The van der Waals surface area contributed by atoms with Crippen LogP contribution in [0, 0.1) is 0 Å². The fourth-order valence-corrected chi connectivity index (χ4v) is 2.89. The molecule has 0 spiro atoms. The second kappa shape index (κ2) is 5.79. The minimum atomic E-state index is -0.544. The molecule has 0 saturated heterocycles. The minimum absolute atomic E-state index is 0.189. The molecule has 0 saturated carbocycles. The summed E-state index contributed by atoms with van der Waals surface area (Å²) in [6, 6.07) is 3.79. The number of hydrogen-bond donors (Lipinski definition) is 0. The highest BCUT2D eigenvalue weighted by Gasteiger charge is 2.34. The first kappa shape index (κ1) is 15.1. The molecule has 6 heteroatoms. The van der Waals surface area contributed by atoms with Crippen molar-refractivity contribution in [3.63, 3.8) is 0 Å². The summed E-state index contributed by atoms with van der Waals surface area (Å²) < 4.78 is 15.3. The van der Waals surface area contributed by atoms with Crippen LogP contribution in [-0.4, -0.2) is 44.7 Å². The van der Waals surface area contributed by atoms with Crippen LogP contribution in [0.3, 0.4) is 0 Å². The molecule has 2 aliphatic heterocycles. The van der Waals surface area contributed by atoms with Gasteiger partial charge in [-0.3, -0.25) is 4.79 Å². The fraction of sp³-hybridized carbons (Fsp3) is 0.294. The van der Waals surface area contributed by atoms with Crippen molar-refractivity contribution < 1.29 is 23.8 Å². The molecular formula is C17H17NO5. The Morgan fingerprint density at radius 3 is 2.52 bits per heavy atom. The van der Waals surface area contributed by atoms with Gasteiger partial charge in [0.15, 0.2) is 11.5 Å². The van der Waals surface area contributed by atoms with Crippen LogP contribution in [0.15, 0.2) is 29.9 Å². The van der Waals surface area contributed by atoms with E-state index in [-0.39, 0.29) is 5.91 Å². The van der Waals surface area contributed by atoms with Crippen molar-refractivity contribution in [2.24, 2.45) is 0 Å². The summed E-state index contributed by atoms with van der Waals surface area (Å²) >= 11 is 0. The molecule has 0 bridgehead atoms. The molecule has 3 rings (SSSR count). The number of methoxy groups -OCH3 is 3. The smallest absolute Gasteiger partial charge is 0.331 e. The van der Waals surface area contributed by atoms with Crippen LogP contribution in [0.1, 0.15) is 11.1 Å². The van der Waals surface area contributed by atoms with E-state index in [2.05, 4.69) is 4.74 Å². The van der Waals surface area contributed by atoms with Crippen LogP contribution in [0.2, 0.25) is 0 Å². The average Bonchev–Trinajstić information content (AvgIpc) is 2.89. The van der Waals surface area contributed by atoms with E-state index in [1.54, 1.807) is 25.2 Å². The van der Waals surface area contributed by atoms with Crippen molar-refractivity contribution in [2.75, 3.05) is 27.9 Å². The monoisotopic (exact) mass is 315 g/mol. The number of benzene rings is 1. The maximum Gasteiger partial charge on any atom is 0.331 e. The Morgan fingerprint density at radius 2 is 1.87 bits per heavy atom. The van der Waals surface area contributed by atoms with Crippen molar-refractivity contribution >= 4 is 17.6 Å². The molecule has 120 valence electrons. The van der Waals surface area contributed by atoms with Gasteiger partial charge in [-0.25, -0.2) is 4.79 Å². The summed E-state index contributed by atoms with van der Waals surface area (Å²) in [5.74, 6) is 0.533. The van der Waals surface area contributed by atoms with E-state index in [9.17, 15) is 9.59 Å². The van der Waals surface area contributed by atoms with Crippen molar-refractivity contribution in [2.45, 2.75) is 6.42 Å². The maximum atomic E-state index is 12.4. The number of amides is 1. The van der Waals surface area contributed by atoms with Crippen molar-refractivity contribution in [3.8, 4) is 11.5 Å². The summed E-state index contributed by atoms with van der Waals surface area (Å²) in [5, 5.41) is 0. The molecule has 0 atom stereocenters. The van der Waals surface area contributed by atoms with Gasteiger partial charge in [-0.2, -0.15) is 0 Å². The summed E-state index contributed by atoms with van der Waals surface area (Å²) in [7, 11) is 4.45. The van der Waals surface area contributed by atoms with Crippen molar-refractivity contribution in [1.82, 2.24) is 4.90 Å². The Kier molecular flexibility index (Phi) is 3.82. The summed E-state index contributed by atoms with van der Waals surface area (Å²) in [6.07, 6.45) is 3.64. The lowest BCUT2D eigenvalue weighted by Crippen LogP contribution is -2.31. The predicted octanol–water partition coefficient (Wildman–Crippen LogP) is 1.54. The van der Waals surface area contributed by atoms with Crippen LogP contribution in [0.5, 0.6) is 11.5 Å². The Labute approximate surface area is 133 Å². The lowest BCUT2D eigenvalue weighted by atomic mass is 9.96. The molecule has 0 fully saturated rings. The third-order valence-corrected chi connectivity index (χ3v) is 4.04. The lowest BCUT2D eigenvalue weighted by Gasteiger charge is -2.28. The second-order valence-electron chi connectivity index (χ2n) is 5.22. The predicted molar refractivity (Wildman–Crippen MR) is 83.0 cm³/mol. The van der Waals surface area contributed by atoms with Gasteiger partial charge in [0, 0.05) is 23.8 Å². The first-order valence-electron chi connectivity index (χ1n) is 7.17. The molecule has 0 aliphatic carbocycles. The van der Waals surface area contributed by atoms with Crippen molar-refractivity contribution in [1.29, 1.82) is 0 Å². The fourth-order valence-electron chi connectivity index (χ4n) is 2.89. The Bertz CT molecular complexity index is 748. The first-order chi connectivity index (χ1) is 11.1. The maximum absolute atomic E-state index is 12.4. The van der Waals surface area contributed by atoms with E-state index in [0.717, 1.165) is 16.8 Å². The Morgan fingerprint density at radius 1 is 1.17 bits per heavy atom. The molecule has 6 nitrogen and oxygen atoms in total. The third kappa shape index (κ3) is 2.46. The quantitative estimate of drug-likeness (QED) is 0.625. The first-order valence-corrected chi connectivity index (χ1v) is 7.17. The average molecular weight is 315 g/mol. The molecule has 0 N–H and O–H groups in total. The lowest BCUT2D eigenvalue weighted by molar-refractivity contribution is -0.135. The van der Waals surface area contributed by atoms with E-state index in [4.69, 9.17) is 9.47 Å². The Hall–Kier alpha value is -2.76. The van der Waals surface area contributed by atoms with Gasteiger partial charge in [0.1, 0.15) is 0 Å². The van der Waals surface area contributed by atoms with E-state index in [0.29, 0.717) is 30.0 Å². The van der Waals surface area contributed by atoms with Gasteiger partial charge in [0.2, 0.25) is 0 Å². The molecule has 0 aromatic heterocycles. The number of hydrogen-bond acceptors (Lipinski definition) is 5. The van der Waals surface area contributed by atoms with Gasteiger partial charge in [-0.15, -0.1) is 0 Å². The van der Waals surface area contributed by atoms with Gasteiger partial charge in [0.25, 0.3) is 5.91 Å². The van der Waals surface area contributed by atoms with Crippen LogP contribution < -0.4 is 9.47 Å². The van der Waals surface area contributed by atoms with E-state index in [1.165, 1.54) is 13.2 Å². The van der Waals surface area contributed by atoms with Gasteiger partial charge < -0.3 is 19.1 Å². The molecule has 2 heterocycles. The highest BCUT2D eigenvalue weighted by Crippen LogP contribution is 2.40. The van der Waals surface area contributed by atoms with E-state index >= 15 is 0 Å². The van der Waals surface area contributed by atoms with Crippen LogP contribution in [-0.2, 0) is 20.7 Å². The highest BCUT2D eigenvalue weighted by molar-refractivity contribution is 6.11. The number of rotatable bonds is 3. The van der Waals surface area contributed by atoms with E-state index in [1.807, 2.05) is 12.1 Å². The molecule has 1 aromatic carbocycles. The number of ether oxygens (including phenoxy) is 3. The van der Waals surface area contributed by atoms with Crippen LogP contribution >= 0.6 is 0 Å². The SMILES string of the molecule is COC(=O)C=C1C=C2c3cc(OC)c(OC)cc3CCN2C1=O. The van der Waals surface area contributed by atoms with Crippen LogP contribution in [0.4, 0.5) is 0 Å². The molecule has 1 amide bonds. The molecule has 0 radical (unpaired) electrons. The summed E-state index contributed by atoms with van der Waals surface area (Å²) in [4.78, 5) is 25.5. The second-order valence-corrected chi connectivity index (χ2v) is 5.22. The van der Waals surface area contributed by atoms with Gasteiger partial charge in [-0.1, -0.05) is 0 Å².